The fraction of sp³-hybridized carbons (Fsp3) is 0.120. The second-order valence-corrected chi connectivity index (χ2v) is 7.10. The lowest BCUT2D eigenvalue weighted by molar-refractivity contribution is 0.0951. The number of halogens is 1. The molecule has 0 fully saturated rings. The zero-order valence-electron chi connectivity index (χ0n) is 17.7. The van der Waals surface area contributed by atoms with E-state index >= 15 is 0 Å². The van der Waals surface area contributed by atoms with Crippen molar-refractivity contribution in [3.05, 3.63) is 89.9 Å². The summed E-state index contributed by atoms with van der Waals surface area (Å²) in [6, 6.07) is 18.7. The van der Waals surface area contributed by atoms with Crippen molar-refractivity contribution in [1.29, 1.82) is 0 Å². The number of aromatic nitrogens is 2. The number of hydrogen-bond donors (Lipinski definition) is 2. The Morgan fingerprint density at radius 3 is 2.59 bits per heavy atom. The predicted molar refractivity (Wildman–Crippen MR) is 120 cm³/mol. The van der Waals surface area contributed by atoms with E-state index in [1.807, 2.05) is 42.5 Å². The van der Waals surface area contributed by atoms with Gasteiger partial charge in [0.1, 0.15) is 23.1 Å². The number of benzene rings is 3. The van der Waals surface area contributed by atoms with E-state index < -0.39 is 0 Å². The van der Waals surface area contributed by atoms with Gasteiger partial charge >= 0.3 is 0 Å². The van der Waals surface area contributed by atoms with Crippen LogP contribution in [0, 0.1) is 5.82 Å². The van der Waals surface area contributed by atoms with E-state index in [-0.39, 0.29) is 11.7 Å². The van der Waals surface area contributed by atoms with Gasteiger partial charge in [-0.25, -0.2) is 9.37 Å². The highest BCUT2D eigenvalue weighted by Crippen LogP contribution is 2.33. The van der Waals surface area contributed by atoms with Gasteiger partial charge in [0.05, 0.1) is 26.1 Å². The lowest BCUT2D eigenvalue weighted by Gasteiger charge is -2.09. The Morgan fingerprint density at radius 1 is 1.03 bits per heavy atom. The van der Waals surface area contributed by atoms with Crippen LogP contribution in [0.15, 0.2) is 72.9 Å². The third kappa shape index (κ3) is 4.62. The third-order valence-electron chi connectivity index (χ3n) is 5.03. The standard InChI is InChI=1S/C25H22FN3O3/c1-31-20-10-11-23(32-2)21(13-20)22-15-27-24(29-22)18-5-3-4-16(12-18)14-28-25(30)17-6-8-19(26)9-7-17/h3-13,15H,14H2,1-2H3,(H,27,29)(H,28,30). The highest BCUT2D eigenvalue weighted by Gasteiger charge is 2.12. The van der Waals surface area contributed by atoms with Gasteiger partial charge in [-0.05, 0) is 54.1 Å². The Balaban J connectivity index is 1.51. The molecular weight excluding hydrogens is 409 g/mol. The number of imidazole rings is 1. The molecule has 1 heterocycles. The minimum atomic E-state index is -0.376. The van der Waals surface area contributed by atoms with Gasteiger partial charge in [-0.15, -0.1) is 0 Å². The Labute approximate surface area is 185 Å². The van der Waals surface area contributed by atoms with Crippen LogP contribution in [0.1, 0.15) is 15.9 Å². The summed E-state index contributed by atoms with van der Waals surface area (Å²) in [6.07, 6.45) is 1.75. The number of nitrogens with one attached hydrogen (secondary N) is 2. The van der Waals surface area contributed by atoms with Crippen molar-refractivity contribution in [3.63, 3.8) is 0 Å². The summed E-state index contributed by atoms with van der Waals surface area (Å²) >= 11 is 0. The van der Waals surface area contributed by atoms with Crippen molar-refractivity contribution in [2.24, 2.45) is 0 Å². The molecule has 0 radical (unpaired) electrons. The number of H-pyrrole nitrogens is 1. The van der Waals surface area contributed by atoms with E-state index in [4.69, 9.17) is 9.47 Å². The topological polar surface area (TPSA) is 76.2 Å². The molecule has 4 rings (SSSR count). The predicted octanol–water partition coefficient (Wildman–Crippen LogP) is 4.83. The number of carbonyl (C=O) groups excluding carboxylic acids is 1. The van der Waals surface area contributed by atoms with Gasteiger partial charge < -0.3 is 19.8 Å². The summed E-state index contributed by atoms with van der Waals surface area (Å²) in [7, 11) is 3.23. The summed E-state index contributed by atoms with van der Waals surface area (Å²) < 4.78 is 23.8. The van der Waals surface area contributed by atoms with Gasteiger partial charge in [-0.2, -0.15) is 0 Å². The van der Waals surface area contributed by atoms with Crippen LogP contribution in [-0.4, -0.2) is 30.1 Å². The van der Waals surface area contributed by atoms with E-state index in [1.54, 1.807) is 20.4 Å². The Kier molecular flexibility index (Phi) is 6.17. The minimum absolute atomic E-state index is 0.263. The van der Waals surface area contributed by atoms with Crippen LogP contribution in [0.2, 0.25) is 0 Å². The maximum absolute atomic E-state index is 13.0. The molecule has 32 heavy (non-hydrogen) atoms. The van der Waals surface area contributed by atoms with Crippen molar-refractivity contribution in [2.75, 3.05) is 14.2 Å². The molecule has 1 aromatic heterocycles. The first kappa shape index (κ1) is 21.1. The number of aromatic amines is 1. The quantitative estimate of drug-likeness (QED) is 0.439. The second kappa shape index (κ2) is 9.34. The Hall–Kier alpha value is -4.13. The van der Waals surface area contributed by atoms with Crippen LogP contribution in [0.3, 0.4) is 0 Å². The van der Waals surface area contributed by atoms with Crippen LogP contribution in [0.5, 0.6) is 11.5 Å². The molecular formula is C25H22FN3O3. The molecule has 1 amide bonds. The van der Waals surface area contributed by atoms with Crippen LogP contribution in [0.4, 0.5) is 4.39 Å². The number of carbonyl (C=O) groups is 1. The average Bonchev–Trinajstić information content (AvgIpc) is 3.33. The average molecular weight is 431 g/mol. The number of rotatable bonds is 7. The van der Waals surface area contributed by atoms with Crippen molar-refractivity contribution < 1.29 is 18.7 Å². The van der Waals surface area contributed by atoms with Crippen molar-refractivity contribution in [2.45, 2.75) is 6.54 Å². The fourth-order valence-electron chi connectivity index (χ4n) is 3.34. The molecule has 2 N–H and O–H groups in total. The van der Waals surface area contributed by atoms with Gasteiger partial charge in [0.15, 0.2) is 0 Å². The Morgan fingerprint density at radius 2 is 1.84 bits per heavy atom. The Bertz CT molecular complexity index is 1240. The monoisotopic (exact) mass is 431 g/mol. The molecule has 4 aromatic rings. The van der Waals surface area contributed by atoms with Gasteiger partial charge in [0.25, 0.3) is 5.91 Å². The zero-order valence-corrected chi connectivity index (χ0v) is 17.7. The van der Waals surface area contributed by atoms with Gasteiger partial charge in [0, 0.05) is 23.2 Å². The highest BCUT2D eigenvalue weighted by molar-refractivity contribution is 5.94. The summed E-state index contributed by atoms with van der Waals surface area (Å²) in [6.45, 7) is 0.335. The van der Waals surface area contributed by atoms with E-state index in [0.717, 1.165) is 28.1 Å². The van der Waals surface area contributed by atoms with Crippen molar-refractivity contribution >= 4 is 5.91 Å². The molecule has 162 valence electrons. The number of methoxy groups -OCH3 is 2. The van der Waals surface area contributed by atoms with Crippen molar-refractivity contribution in [1.82, 2.24) is 15.3 Å². The lowest BCUT2D eigenvalue weighted by atomic mass is 10.1. The van der Waals surface area contributed by atoms with Crippen molar-refractivity contribution in [3.8, 4) is 34.1 Å². The highest BCUT2D eigenvalue weighted by atomic mass is 19.1. The fourth-order valence-corrected chi connectivity index (χ4v) is 3.34. The number of nitrogens with zero attached hydrogens (tertiary/aromatic N) is 1. The smallest absolute Gasteiger partial charge is 0.251 e. The van der Waals surface area contributed by atoms with E-state index in [1.165, 1.54) is 24.3 Å². The molecule has 0 aliphatic heterocycles. The second-order valence-electron chi connectivity index (χ2n) is 7.10. The molecule has 0 unspecified atom stereocenters. The largest absolute Gasteiger partial charge is 0.497 e. The SMILES string of the molecule is COc1ccc(OC)c(-c2cnc(-c3cccc(CNC(=O)c4ccc(F)cc4)c3)[nH]2)c1. The van der Waals surface area contributed by atoms with Crippen LogP contribution < -0.4 is 14.8 Å². The molecule has 6 nitrogen and oxygen atoms in total. The maximum Gasteiger partial charge on any atom is 0.251 e. The van der Waals surface area contributed by atoms with Crippen LogP contribution in [-0.2, 0) is 6.54 Å². The first-order chi connectivity index (χ1) is 15.6. The number of amides is 1. The normalized spacial score (nSPS) is 10.6. The van der Waals surface area contributed by atoms with Gasteiger partial charge in [0.2, 0.25) is 0 Å². The molecule has 0 saturated carbocycles. The first-order valence-electron chi connectivity index (χ1n) is 9.98. The maximum atomic E-state index is 13.0. The zero-order chi connectivity index (χ0) is 22.5. The molecule has 7 heteroatoms. The minimum Gasteiger partial charge on any atom is -0.497 e. The molecule has 0 aliphatic rings. The van der Waals surface area contributed by atoms with E-state index in [9.17, 15) is 9.18 Å². The summed E-state index contributed by atoms with van der Waals surface area (Å²) in [4.78, 5) is 20.1. The molecule has 0 aliphatic carbocycles. The van der Waals surface area contributed by atoms with Gasteiger partial charge in [-0.1, -0.05) is 18.2 Å². The summed E-state index contributed by atoms with van der Waals surface area (Å²) in [5.74, 6) is 1.48. The molecule has 0 atom stereocenters. The van der Waals surface area contributed by atoms with Gasteiger partial charge in [-0.3, -0.25) is 4.79 Å². The van der Waals surface area contributed by atoms with E-state index in [0.29, 0.717) is 23.7 Å². The van der Waals surface area contributed by atoms with Crippen LogP contribution >= 0.6 is 0 Å². The number of hydrogen-bond acceptors (Lipinski definition) is 4. The molecule has 0 saturated heterocycles. The molecule has 0 spiro atoms. The number of ether oxygens (including phenoxy) is 2. The molecule has 3 aromatic carbocycles. The summed E-state index contributed by atoms with van der Waals surface area (Å²) in [5, 5.41) is 2.85. The van der Waals surface area contributed by atoms with E-state index in [2.05, 4.69) is 15.3 Å². The molecule has 0 bridgehead atoms. The summed E-state index contributed by atoms with van der Waals surface area (Å²) in [5.41, 5.74) is 3.84. The third-order valence-corrected chi connectivity index (χ3v) is 5.03. The van der Waals surface area contributed by atoms with Crippen LogP contribution in [0.25, 0.3) is 22.6 Å². The first-order valence-corrected chi connectivity index (χ1v) is 9.98. The lowest BCUT2D eigenvalue weighted by Crippen LogP contribution is -2.22.